The highest BCUT2D eigenvalue weighted by Gasteiger charge is 2.46. The molecule has 0 saturated carbocycles. The number of para-hydroxylation sites is 2. The van der Waals surface area contributed by atoms with Crippen LogP contribution in [0.4, 0.5) is 34.1 Å². The van der Waals surface area contributed by atoms with Crippen LogP contribution in [-0.2, 0) is 27.1 Å². The van der Waals surface area contributed by atoms with Gasteiger partial charge in [-0.2, -0.15) is 0 Å². The van der Waals surface area contributed by atoms with Crippen LogP contribution in [0.15, 0.2) is 315 Å². The first-order valence-electron chi connectivity index (χ1n) is 43.8. The Labute approximate surface area is 684 Å². The van der Waals surface area contributed by atoms with E-state index in [4.69, 9.17) is 17.7 Å². The second kappa shape index (κ2) is 27.7. The number of rotatable bonds is 11. The fourth-order valence-electron chi connectivity index (χ4n) is 16.6. The second-order valence-corrected chi connectivity index (χ2v) is 36.0. The molecule has 0 bridgehead atoms. The van der Waals surface area contributed by atoms with Crippen LogP contribution in [-0.4, -0.2) is 26.2 Å². The number of benzene rings is 14. The molecular weight excluding hydrogens is 1380 g/mol. The van der Waals surface area contributed by atoms with E-state index in [1.165, 1.54) is 22.3 Å². The van der Waals surface area contributed by atoms with Crippen molar-refractivity contribution in [3.63, 3.8) is 0 Å². The lowest BCUT2D eigenvalue weighted by Crippen LogP contribution is -2.61. The smallest absolute Gasteiger partial charge is 0.252 e. The van der Waals surface area contributed by atoms with Gasteiger partial charge < -0.3 is 14.4 Å². The molecule has 0 aliphatic carbocycles. The number of hydrogen-bond donors (Lipinski definition) is 0. The molecular formula is C107H97BN6. The Morgan fingerprint density at radius 2 is 0.640 bits per heavy atom. The Hall–Kier alpha value is -12.4. The topological polar surface area (TPSA) is 50.1 Å². The minimum absolute atomic E-state index is 0.00327. The molecule has 14 aromatic carbocycles. The number of hydrogen-bond acceptors (Lipinski definition) is 5. The predicted molar refractivity (Wildman–Crippen MR) is 485 cm³/mol. The summed E-state index contributed by atoms with van der Waals surface area (Å²) in [5.74, 6) is 1.52. The highest BCUT2D eigenvalue weighted by Crippen LogP contribution is 2.55. The van der Waals surface area contributed by atoms with E-state index in [2.05, 4.69) is 326 Å². The first-order chi connectivity index (χ1) is 58.0. The van der Waals surface area contributed by atoms with Crippen molar-refractivity contribution in [2.45, 2.75) is 131 Å². The fourth-order valence-corrected chi connectivity index (χ4v) is 16.6. The monoisotopic (exact) mass is 1480 g/mol. The lowest BCUT2D eigenvalue weighted by atomic mass is 9.33. The van der Waals surface area contributed by atoms with E-state index in [9.17, 15) is 8.22 Å². The number of aromatic nitrogens is 4. The first-order valence-corrected chi connectivity index (χ1v) is 39.8. The molecule has 114 heavy (non-hydrogen) atoms. The number of nitrogens with zero attached hydrogens (tertiary/aromatic N) is 6. The summed E-state index contributed by atoms with van der Waals surface area (Å²) in [4.78, 5) is 21.8. The molecule has 7 heteroatoms. The fraction of sp³-hybridized carbons (Fsp3) is 0.187. The quantitative estimate of drug-likeness (QED) is 0.121. The summed E-state index contributed by atoms with van der Waals surface area (Å²) in [6.07, 6.45) is 0. The molecule has 2 aliphatic heterocycles. The van der Waals surface area contributed by atoms with Gasteiger partial charge in [0.2, 0.25) is 0 Å². The summed E-state index contributed by atoms with van der Waals surface area (Å²) >= 11 is 0. The van der Waals surface area contributed by atoms with Crippen LogP contribution in [0.2, 0.25) is 0 Å². The summed E-state index contributed by atoms with van der Waals surface area (Å²) < 4.78 is 77.9. The van der Waals surface area contributed by atoms with Crippen molar-refractivity contribution in [2.24, 2.45) is 0 Å². The summed E-state index contributed by atoms with van der Waals surface area (Å²) in [5.41, 5.74) is 25.0. The summed E-state index contributed by atoms with van der Waals surface area (Å²) in [5, 5.41) is -0.00655. The van der Waals surface area contributed by atoms with E-state index >= 15 is 0 Å². The van der Waals surface area contributed by atoms with Crippen LogP contribution in [0.1, 0.15) is 143 Å². The number of anilines is 6. The molecule has 0 radical (unpaired) electrons. The molecule has 0 N–H and O–H groups in total. The Bertz CT molecular complexity index is 6740. The van der Waals surface area contributed by atoms with Gasteiger partial charge in [0, 0.05) is 67.0 Å². The standard InChI is InChI=1S/C107H97BN6/c1-103(2,3)78-55-75(56-79(63-78)104(4,5)6)74-49-52-89-94(60-74)114(99-87(70-39-25-18-26-40-70)65-82(107(13,14)15)66-88(99)102-110-100(71-41-27-19-28-42-71)109-101(111-102)72-43-29-20-30-44-72)97-62-77(76-57-80(105(7,8)9)64-81(58-76)106(10,11)12)61-96-98(97)108(89)90-53-51-83(112-91-47-33-31-45-84(91)85-46-32-34-48-92(85)112)67-95(90)113(96)93-54-50-73(68-35-21-16-22-36-68)59-86(93)69-37-23-17-24-38-69/h16-67H,1-15H3/i31D,32D,33D,34D,45D,46D,47D,48D. The average Bonchev–Trinajstić information content (AvgIpc) is 1.06. The molecule has 2 aromatic heterocycles. The Morgan fingerprint density at radius 1 is 0.272 bits per heavy atom. The van der Waals surface area contributed by atoms with E-state index in [0.717, 1.165) is 128 Å². The molecule has 0 saturated heterocycles. The lowest BCUT2D eigenvalue weighted by molar-refractivity contribution is 0.568. The van der Waals surface area contributed by atoms with Crippen molar-refractivity contribution >= 4 is 79.0 Å². The van der Waals surface area contributed by atoms with Gasteiger partial charge in [0.15, 0.2) is 17.5 Å². The maximum absolute atomic E-state index is 9.94. The second-order valence-electron chi connectivity index (χ2n) is 36.0. The SMILES string of the molecule is [2H]c1c([2H])c([2H])c2c(c1[2H])c1c([2H])c([2H])c([2H])c([2H])c1n2-c1ccc2c(c1)N(c1ccc(-c3ccccc3)cc1-c1ccccc1)c1cc(-c3cc(C(C)(C)C)cc(C(C)(C)C)c3)cc3c1B2c1ccc(-c2cc(C(C)(C)C)cc(C(C)(C)C)c2)cc1N3c1c(-c2ccccc2)cc(C(C)(C)C)cc1-c1nc(-c2ccccc2)nc(-c2ccccc2)n1. The van der Waals surface area contributed by atoms with Crippen LogP contribution in [0, 0.1) is 0 Å². The summed E-state index contributed by atoms with van der Waals surface area (Å²) in [6, 6.07) is 92.3. The van der Waals surface area contributed by atoms with Gasteiger partial charge in [-0.15, -0.1) is 0 Å². The average molecular weight is 1490 g/mol. The number of fused-ring (bicyclic) bond motifs is 7. The van der Waals surface area contributed by atoms with Crippen LogP contribution in [0.25, 0.3) is 117 Å². The summed E-state index contributed by atoms with van der Waals surface area (Å²) in [6.45, 7) is 33.7. The zero-order valence-electron chi connectivity index (χ0n) is 75.7. The normalized spacial score (nSPS) is 14.0. The Balaban J connectivity index is 1.07. The highest BCUT2D eigenvalue weighted by atomic mass is 15.2. The molecule has 18 rings (SSSR count). The van der Waals surface area contributed by atoms with Gasteiger partial charge in [-0.1, -0.05) is 352 Å². The van der Waals surface area contributed by atoms with Gasteiger partial charge in [0.05, 0.1) is 33.4 Å². The van der Waals surface area contributed by atoms with E-state index in [0.29, 0.717) is 23.2 Å². The van der Waals surface area contributed by atoms with E-state index in [1.54, 1.807) is 4.57 Å². The predicted octanol–water partition coefficient (Wildman–Crippen LogP) is 26.9. The van der Waals surface area contributed by atoms with Gasteiger partial charge in [-0.05, 0) is 182 Å². The summed E-state index contributed by atoms with van der Waals surface area (Å²) in [7, 11) is 0. The van der Waals surface area contributed by atoms with Gasteiger partial charge in [0.1, 0.15) is 0 Å². The van der Waals surface area contributed by atoms with Crippen molar-refractivity contribution in [3.8, 4) is 95.5 Å². The van der Waals surface area contributed by atoms with Crippen LogP contribution < -0.4 is 26.2 Å². The van der Waals surface area contributed by atoms with Gasteiger partial charge in [-0.3, -0.25) is 0 Å². The molecule has 6 nitrogen and oxygen atoms in total. The Kier molecular flexibility index (Phi) is 15.6. The Morgan fingerprint density at radius 3 is 1.13 bits per heavy atom. The van der Waals surface area contributed by atoms with E-state index < -0.39 is 48.4 Å². The van der Waals surface area contributed by atoms with Crippen LogP contribution in [0.3, 0.4) is 0 Å². The third-order valence-electron chi connectivity index (χ3n) is 23.0. The van der Waals surface area contributed by atoms with Crippen LogP contribution >= 0.6 is 0 Å². The van der Waals surface area contributed by atoms with Crippen molar-refractivity contribution < 1.29 is 11.0 Å². The zero-order chi connectivity index (χ0) is 85.9. The highest BCUT2D eigenvalue weighted by molar-refractivity contribution is 7.00. The zero-order valence-corrected chi connectivity index (χ0v) is 67.7. The van der Waals surface area contributed by atoms with Crippen molar-refractivity contribution in [1.82, 2.24) is 19.5 Å². The third kappa shape index (κ3) is 13.2. The van der Waals surface area contributed by atoms with E-state index in [1.807, 2.05) is 54.6 Å². The molecule has 0 fully saturated rings. The van der Waals surface area contributed by atoms with E-state index in [-0.39, 0.29) is 55.6 Å². The molecule has 2 aliphatic rings. The van der Waals surface area contributed by atoms with Crippen LogP contribution in [0.5, 0.6) is 0 Å². The van der Waals surface area contributed by atoms with Gasteiger partial charge in [-0.25, -0.2) is 15.0 Å². The van der Waals surface area contributed by atoms with Crippen molar-refractivity contribution in [3.05, 3.63) is 343 Å². The molecule has 0 spiro atoms. The minimum Gasteiger partial charge on any atom is -0.311 e. The van der Waals surface area contributed by atoms with Crippen molar-refractivity contribution in [2.75, 3.05) is 9.80 Å². The molecule has 4 heterocycles. The van der Waals surface area contributed by atoms with Gasteiger partial charge in [0.25, 0.3) is 6.71 Å². The van der Waals surface area contributed by atoms with Gasteiger partial charge >= 0.3 is 0 Å². The first kappa shape index (κ1) is 64.1. The van der Waals surface area contributed by atoms with Crippen molar-refractivity contribution in [1.29, 1.82) is 0 Å². The molecule has 558 valence electrons. The molecule has 16 aromatic rings. The molecule has 0 unspecified atom stereocenters. The lowest BCUT2D eigenvalue weighted by Gasteiger charge is -2.46. The minimum atomic E-state index is -0.577. The molecule has 0 atom stereocenters. The maximum Gasteiger partial charge on any atom is 0.252 e. The maximum atomic E-state index is 9.94. The third-order valence-corrected chi connectivity index (χ3v) is 23.0. The largest absolute Gasteiger partial charge is 0.311 e. The molecule has 0 amide bonds.